The van der Waals surface area contributed by atoms with Gasteiger partial charge in [0.25, 0.3) is 0 Å². The van der Waals surface area contributed by atoms with Gasteiger partial charge in [0, 0.05) is 42.2 Å². The molecule has 1 aliphatic carbocycles. The van der Waals surface area contributed by atoms with Crippen LogP contribution < -0.4 is 4.90 Å². The second-order valence-electron chi connectivity index (χ2n) is 12.7. The van der Waals surface area contributed by atoms with Crippen LogP contribution in [0.5, 0.6) is 0 Å². The maximum atomic E-state index is 16.6. The summed E-state index contributed by atoms with van der Waals surface area (Å²) in [5.41, 5.74) is 1.17. The number of benzene rings is 2. The second-order valence-corrected chi connectivity index (χ2v) is 12.7. The van der Waals surface area contributed by atoms with E-state index in [4.69, 9.17) is 9.97 Å². The van der Waals surface area contributed by atoms with E-state index < -0.39 is 5.82 Å². The Hall–Kier alpha value is -3.19. The van der Waals surface area contributed by atoms with Crippen molar-refractivity contribution in [1.82, 2.24) is 19.9 Å². The Morgan fingerprint density at radius 2 is 1.68 bits per heavy atom. The van der Waals surface area contributed by atoms with Crippen LogP contribution in [0.2, 0.25) is 0 Å². The molecule has 1 saturated carbocycles. The maximum absolute atomic E-state index is 16.6. The summed E-state index contributed by atoms with van der Waals surface area (Å²) in [5, 5.41) is 1.77. The van der Waals surface area contributed by atoms with Gasteiger partial charge in [-0.2, -0.15) is 0 Å². The molecule has 2 bridgehead atoms. The lowest BCUT2D eigenvalue weighted by atomic mass is 9.88. The van der Waals surface area contributed by atoms with Crippen molar-refractivity contribution in [3.05, 3.63) is 60.1 Å². The lowest BCUT2D eigenvalue weighted by Gasteiger charge is -2.34. The number of aryl methyl sites for hydroxylation is 1. The van der Waals surface area contributed by atoms with Gasteiger partial charge in [-0.1, -0.05) is 30.3 Å². The van der Waals surface area contributed by atoms with Gasteiger partial charge in [0.05, 0.1) is 5.39 Å². The van der Waals surface area contributed by atoms with Crippen molar-refractivity contribution in [2.75, 3.05) is 31.1 Å². The summed E-state index contributed by atoms with van der Waals surface area (Å²) in [5.74, 6) is 2.03. The average Bonchev–Trinajstić information content (AvgIpc) is 3.65. The summed E-state index contributed by atoms with van der Waals surface area (Å²) in [4.78, 5) is 19.6. The first-order valence-electron chi connectivity index (χ1n) is 15.1. The number of rotatable bonds is 5. The van der Waals surface area contributed by atoms with Crippen molar-refractivity contribution in [3.63, 3.8) is 0 Å². The monoisotopic (exact) mass is 539 g/mol. The van der Waals surface area contributed by atoms with E-state index in [-0.39, 0.29) is 17.1 Å². The quantitative estimate of drug-likeness (QED) is 0.275. The first-order valence-corrected chi connectivity index (χ1v) is 15.1. The largest absolute Gasteiger partial charge is 0.355 e. The minimum Gasteiger partial charge on any atom is -0.355 e. The minimum atomic E-state index is -0.486. The molecule has 3 aliphatic heterocycles. The van der Waals surface area contributed by atoms with Crippen LogP contribution in [0.3, 0.4) is 0 Å². The van der Waals surface area contributed by atoms with E-state index in [2.05, 4.69) is 14.8 Å². The molecule has 40 heavy (non-hydrogen) atoms. The molecular formula is C33H35F2N5. The molecule has 0 amide bonds. The van der Waals surface area contributed by atoms with Crippen LogP contribution in [0, 0.1) is 23.5 Å². The summed E-state index contributed by atoms with van der Waals surface area (Å²) in [6, 6.07) is 10.4. The van der Waals surface area contributed by atoms with Gasteiger partial charge in [0.15, 0.2) is 5.82 Å². The van der Waals surface area contributed by atoms with Crippen LogP contribution in [0.4, 0.5) is 14.6 Å². The fourth-order valence-electron chi connectivity index (χ4n) is 8.48. The van der Waals surface area contributed by atoms with Crippen molar-refractivity contribution >= 4 is 27.5 Å². The minimum absolute atomic E-state index is 0.147. The highest BCUT2D eigenvalue weighted by Crippen LogP contribution is 2.43. The summed E-state index contributed by atoms with van der Waals surface area (Å²) < 4.78 is 31.6. The molecule has 2 atom stereocenters. The molecule has 4 fully saturated rings. The molecule has 206 valence electrons. The Balaban J connectivity index is 1.25. The fraction of sp³-hybridized carbons (Fsp3) is 0.485. The Bertz CT molecular complexity index is 1590. The maximum Gasteiger partial charge on any atom is 0.175 e. The van der Waals surface area contributed by atoms with Crippen molar-refractivity contribution in [2.45, 2.75) is 63.3 Å². The summed E-state index contributed by atoms with van der Waals surface area (Å²) in [6.07, 6.45) is 12.3. The molecular weight excluding hydrogens is 504 g/mol. The Labute approximate surface area is 233 Å². The van der Waals surface area contributed by atoms with E-state index in [1.807, 2.05) is 18.2 Å². The summed E-state index contributed by atoms with van der Waals surface area (Å²) in [6.45, 7) is 4.28. The molecule has 5 heterocycles. The predicted octanol–water partition coefficient (Wildman–Crippen LogP) is 6.92. The summed E-state index contributed by atoms with van der Waals surface area (Å²) >= 11 is 0. The third kappa shape index (κ3) is 3.92. The van der Waals surface area contributed by atoms with Gasteiger partial charge < -0.3 is 4.90 Å². The smallest absolute Gasteiger partial charge is 0.175 e. The molecule has 2 aromatic carbocycles. The molecule has 0 N–H and O–H groups in total. The van der Waals surface area contributed by atoms with Crippen molar-refractivity contribution in [3.8, 4) is 11.3 Å². The van der Waals surface area contributed by atoms with E-state index >= 15 is 4.39 Å². The fourth-order valence-corrected chi connectivity index (χ4v) is 8.48. The topological polar surface area (TPSA) is 45.2 Å². The van der Waals surface area contributed by atoms with Crippen molar-refractivity contribution < 1.29 is 8.78 Å². The number of piperidine rings is 1. The first-order chi connectivity index (χ1) is 19.6. The van der Waals surface area contributed by atoms with E-state index in [1.165, 1.54) is 64.1 Å². The van der Waals surface area contributed by atoms with Gasteiger partial charge in [0.1, 0.15) is 28.7 Å². The highest BCUT2D eigenvalue weighted by Gasteiger charge is 2.43. The van der Waals surface area contributed by atoms with Crippen LogP contribution in [0.25, 0.3) is 32.9 Å². The zero-order valence-electron chi connectivity index (χ0n) is 22.9. The Morgan fingerprint density at radius 1 is 0.925 bits per heavy atom. The Kier molecular flexibility index (Phi) is 5.80. The van der Waals surface area contributed by atoms with Gasteiger partial charge in [-0.15, -0.1) is 0 Å². The number of halogens is 2. The van der Waals surface area contributed by atoms with E-state index in [0.29, 0.717) is 39.5 Å². The van der Waals surface area contributed by atoms with Crippen molar-refractivity contribution in [2.24, 2.45) is 11.8 Å². The van der Waals surface area contributed by atoms with E-state index in [1.54, 1.807) is 18.3 Å². The van der Waals surface area contributed by atoms with Crippen molar-refractivity contribution in [1.29, 1.82) is 0 Å². The number of hydrogen-bond acceptors (Lipinski definition) is 5. The number of pyridine rings is 1. The van der Waals surface area contributed by atoms with Gasteiger partial charge >= 0.3 is 0 Å². The van der Waals surface area contributed by atoms with E-state index in [0.717, 1.165) is 37.1 Å². The molecule has 0 spiro atoms. The molecule has 0 radical (unpaired) electrons. The number of aromatic nitrogens is 3. The first kappa shape index (κ1) is 24.6. The number of anilines is 1. The third-order valence-corrected chi connectivity index (χ3v) is 10.4. The SMILES string of the molecule is Fc1c(-c2cccc3cccc(F)c23)ncc2c(N3CC4CCC(C4)C3)nc(CCC34CCCN3CCC4)nc12. The molecule has 5 nitrogen and oxygen atoms in total. The zero-order chi connectivity index (χ0) is 26.8. The van der Waals surface area contributed by atoms with E-state index in [9.17, 15) is 4.39 Å². The number of hydrogen-bond donors (Lipinski definition) is 0. The zero-order valence-corrected chi connectivity index (χ0v) is 22.9. The highest BCUT2D eigenvalue weighted by molar-refractivity contribution is 5.99. The third-order valence-electron chi connectivity index (χ3n) is 10.4. The molecule has 8 rings (SSSR count). The number of nitrogens with zero attached hydrogens (tertiary/aromatic N) is 5. The number of fused-ring (bicyclic) bond motifs is 5. The average molecular weight is 540 g/mol. The Morgan fingerprint density at radius 3 is 2.45 bits per heavy atom. The standard InChI is InChI=1S/C33H35F2N5/c34-26-8-2-6-23-5-1-7-24(28(23)26)30-29(35)31-25(18-36-30)32(39-19-21-9-10-22(17-21)20-39)38-27(37-31)11-14-33-12-3-15-40(33)16-4-13-33/h1-2,5-8,18,21-22H,3-4,9-17,19-20H2. The van der Waals surface area contributed by atoms with Crippen LogP contribution in [0.1, 0.15) is 57.2 Å². The predicted molar refractivity (Wildman–Crippen MR) is 154 cm³/mol. The van der Waals surface area contributed by atoms with Crippen LogP contribution in [0.15, 0.2) is 42.6 Å². The molecule has 2 unspecified atom stereocenters. The molecule has 4 aromatic rings. The molecule has 4 aliphatic rings. The van der Waals surface area contributed by atoms with Gasteiger partial charge in [-0.3, -0.25) is 9.88 Å². The van der Waals surface area contributed by atoms with Gasteiger partial charge in [0.2, 0.25) is 0 Å². The second kappa shape index (κ2) is 9.44. The molecule has 7 heteroatoms. The van der Waals surface area contributed by atoms with Crippen LogP contribution >= 0.6 is 0 Å². The van der Waals surface area contributed by atoms with Crippen LogP contribution in [-0.4, -0.2) is 51.6 Å². The lowest BCUT2D eigenvalue weighted by molar-refractivity contribution is 0.182. The molecule has 2 aromatic heterocycles. The van der Waals surface area contributed by atoms with Gasteiger partial charge in [-0.05, 0) is 87.7 Å². The lowest BCUT2D eigenvalue weighted by Crippen LogP contribution is -2.39. The summed E-state index contributed by atoms with van der Waals surface area (Å²) in [7, 11) is 0. The highest BCUT2D eigenvalue weighted by atomic mass is 19.1. The van der Waals surface area contributed by atoms with Crippen LogP contribution in [-0.2, 0) is 6.42 Å². The molecule has 3 saturated heterocycles. The van der Waals surface area contributed by atoms with Gasteiger partial charge in [-0.25, -0.2) is 18.7 Å². The normalized spacial score (nSPS) is 23.9.